The van der Waals surface area contributed by atoms with E-state index in [0.29, 0.717) is 10.2 Å². The normalized spacial score (nSPS) is 12.2. The molecule has 0 fully saturated rings. The Bertz CT molecular complexity index is 1080. The second-order valence-corrected chi connectivity index (χ2v) is 7.62. The highest BCUT2D eigenvalue weighted by Crippen LogP contribution is 2.25. The average molecular weight is 381 g/mol. The summed E-state index contributed by atoms with van der Waals surface area (Å²) in [6.07, 6.45) is 1.43. The highest BCUT2D eigenvalue weighted by Gasteiger charge is 2.18. The van der Waals surface area contributed by atoms with Crippen LogP contribution in [-0.4, -0.2) is 15.5 Å². The number of nitrogens with zero attached hydrogens (tertiary/aromatic N) is 2. The summed E-state index contributed by atoms with van der Waals surface area (Å²) < 4.78 is 1.35. The fraction of sp³-hybridized carbons (Fsp3) is 0.105. The number of aromatic nitrogens is 2. The zero-order valence-corrected chi connectivity index (χ0v) is 15.3. The van der Waals surface area contributed by atoms with Crippen molar-refractivity contribution >= 4 is 38.8 Å². The van der Waals surface area contributed by atoms with Crippen molar-refractivity contribution in [3.63, 3.8) is 0 Å². The zero-order valence-electron chi connectivity index (χ0n) is 13.7. The van der Waals surface area contributed by atoms with E-state index in [1.165, 1.54) is 22.2 Å². The number of carbonyl (C=O) groups excluding carboxylic acids is 1. The van der Waals surface area contributed by atoms with Crippen LogP contribution in [-0.2, 0) is 11.3 Å². The highest BCUT2D eigenvalue weighted by atomic mass is 32.1. The molecule has 4 aromatic rings. The molecule has 3 aromatic heterocycles. The van der Waals surface area contributed by atoms with E-state index < -0.39 is 0 Å². The summed E-state index contributed by atoms with van der Waals surface area (Å²) >= 11 is 3.00. The molecular formula is C19H15N3O2S2. The number of nitrogens with one attached hydrogen (secondary N) is 1. The highest BCUT2D eigenvalue weighted by molar-refractivity contribution is 7.16. The third-order valence-corrected chi connectivity index (χ3v) is 5.79. The van der Waals surface area contributed by atoms with Crippen molar-refractivity contribution in [2.75, 3.05) is 0 Å². The maximum atomic E-state index is 12.6. The lowest BCUT2D eigenvalue weighted by Gasteiger charge is -2.18. The molecule has 1 atom stereocenters. The van der Waals surface area contributed by atoms with Gasteiger partial charge in [-0.2, -0.15) is 0 Å². The van der Waals surface area contributed by atoms with E-state index in [9.17, 15) is 9.59 Å². The minimum Gasteiger partial charge on any atom is -0.343 e. The Hall–Kier alpha value is -2.77. The quantitative estimate of drug-likeness (QED) is 0.576. The Labute approximate surface area is 157 Å². The van der Waals surface area contributed by atoms with Crippen LogP contribution < -0.4 is 10.9 Å². The summed E-state index contributed by atoms with van der Waals surface area (Å²) in [5.74, 6) is -0.231. The predicted molar refractivity (Wildman–Crippen MR) is 105 cm³/mol. The summed E-state index contributed by atoms with van der Waals surface area (Å²) in [6.45, 7) is -0.0632. The van der Waals surface area contributed by atoms with Crippen LogP contribution in [0.25, 0.3) is 10.2 Å². The average Bonchev–Trinajstić information content (AvgIpc) is 3.35. The number of hydrogen-bond acceptors (Lipinski definition) is 5. The summed E-state index contributed by atoms with van der Waals surface area (Å²) in [7, 11) is 0. The molecule has 0 saturated carbocycles. The van der Waals surface area contributed by atoms with Gasteiger partial charge in [0.25, 0.3) is 5.56 Å². The lowest BCUT2D eigenvalue weighted by atomic mass is 10.1. The molecule has 0 unspecified atom stereocenters. The molecule has 0 saturated heterocycles. The van der Waals surface area contributed by atoms with Crippen molar-refractivity contribution in [3.05, 3.63) is 86.4 Å². The molecule has 0 spiro atoms. The molecule has 0 radical (unpaired) electrons. The van der Waals surface area contributed by atoms with E-state index in [0.717, 1.165) is 10.4 Å². The second kappa shape index (κ2) is 7.23. The van der Waals surface area contributed by atoms with E-state index in [-0.39, 0.29) is 24.1 Å². The number of thiophene rings is 2. The molecule has 1 aromatic carbocycles. The molecule has 130 valence electrons. The van der Waals surface area contributed by atoms with E-state index in [2.05, 4.69) is 10.3 Å². The molecule has 7 heteroatoms. The van der Waals surface area contributed by atoms with Crippen molar-refractivity contribution in [2.45, 2.75) is 12.6 Å². The number of hydrogen-bond donors (Lipinski definition) is 1. The van der Waals surface area contributed by atoms with Crippen LogP contribution in [0.3, 0.4) is 0 Å². The van der Waals surface area contributed by atoms with Crippen LogP contribution in [0.1, 0.15) is 16.5 Å². The van der Waals surface area contributed by atoms with Crippen LogP contribution in [0.4, 0.5) is 0 Å². The van der Waals surface area contributed by atoms with Crippen LogP contribution in [0.15, 0.2) is 70.4 Å². The summed E-state index contributed by atoms with van der Waals surface area (Å²) in [5.41, 5.74) is 0.806. The number of rotatable bonds is 5. The minimum absolute atomic E-state index is 0.0632. The summed E-state index contributed by atoms with van der Waals surface area (Å²) in [4.78, 5) is 31.1. The van der Waals surface area contributed by atoms with Crippen molar-refractivity contribution < 1.29 is 4.79 Å². The Morgan fingerprint density at radius 2 is 1.92 bits per heavy atom. The molecule has 0 bridgehead atoms. The molecule has 26 heavy (non-hydrogen) atoms. The monoisotopic (exact) mass is 381 g/mol. The van der Waals surface area contributed by atoms with Gasteiger partial charge in [0.05, 0.1) is 17.8 Å². The van der Waals surface area contributed by atoms with Gasteiger partial charge in [-0.1, -0.05) is 36.4 Å². The molecule has 5 nitrogen and oxygen atoms in total. The third-order valence-electron chi connectivity index (χ3n) is 4.03. The summed E-state index contributed by atoms with van der Waals surface area (Å²) in [6, 6.07) is 15.3. The minimum atomic E-state index is -0.239. The first-order valence-corrected chi connectivity index (χ1v) is 9.78. The topological polar surface area (TPSA) is 64.0 Å². The van der Waals surface area contributed by atoms with Crippen LogP contribution in [0.2, 0.25) is 0 Å². The fourth-order valence-corrected chi connectivity index (χ4v) is 4.31. The van der Waals surface area contributed by atoms with Gasteiger partial charge in [0.2, 0.25) is 5.91 Å². The Balaban J connectivity index is 1.58. The van der Waals surface area contributed by atoms with Crippen molar-refractivity contribution in [3.8, 4) is 0 Å². The van der Waals surface area contributed by atoms with Crippen LogP contribution in [0, 0.1) is 0 Å². The predicted octanol–water partition coefficient (Wildman–Crippen LogP) is 3.43. The first-order valence-electron chi connectivity index (χ1n) is 8.03. The molecular weight excluding hydrogens is 366 g/mol. The van der Waals surface area contributed by atoms with E-state index in [1.54, 1.807) is 17.4 Å². The van der Waals surface area contributed by atoms with E-state index in [4.69, 9.17) is 0 Å². The van der Waals surface area contributed by atoms with Crippen LogP contribution in [0.5, 0.6) is 0 Å². The molecule has 0 aliphatic rings. The smallest absolute Gasteiger partial charge is 0.262 e. The lowest BCUT2D eigenvalue weighted by molar-refractivity contribution is -0.122. The second-order valence-electron chi connectivity index (χ2n) is 5.74. The van der Waals surface area contributed by atoms with E-state index >= 15 is 0 Å². The summed E-state index contributed by atoms with van der Waals surface area (Å²) in [5, 5.41) is 7.39. The van der Waals surface area contributed by atoms with Gasteiger partial charge < -0.3 is 5.32 Å². The lowest BCUT2D eigenvalue weighted by Crippen LogP contribution is -2.35. The Kier molecular flexibility index (Phi) is 4.64. The maximum absolute atomic E-state index is 12.6. The van der Waals surface area contributed by atoms with Gasteiger partial charge in [0, 0.05) is 4.88 Å². The van der Waals surface area contributed by atoms with Gasteiger partial charge >= 0.3 is 0 Å². The molecule has 1 N–H and O–H groups in total. The van der Waals surface area contributed by atoms with Gasteiger partial charge in [-0.05, 0) is 28.5 Å². The third kappa shape index (κ3) is 3.31. The van der Waals surface area contributed by atoms with Gasteiger partial charge in [0.15, 0.2) is 0 Å². The molecule has 3 heterocycles. The van der Waals surface area contributed by atoms with Crippen molar-refractivity contribution in [1.29, 1.82) is 0 Å². The molecule has 0 aliphatic heterocycles. The number of amides is 1. The first-order chi connectivity index (χ1) is 12.7. The first kappa shape index (κ1) is 16.7. The standard InChI is InChI=1S/C19H15N3O2S2/c23-16(11-22-12-20-18-14(19(22)24)8-10-26-18)21-17(15-7-4-9-25-15)13-5-2-1-3-6-13/h1-10,12,17H,11H2,(H,21,23)/t17-/m1/s1. The van der Waals surface area contributed by atoms with Gasteiger partial charge in [-0.3, -0.25) is 14.2 Å². The fourth-order valence-electron chi connectivity index (χ4n) is 2.79. The molecule has 0 aliphatic carbocycles. The van der Waals surface area contributed by atoms with E-state index in [1.807, 2.05) is 53.2 Å². The van der Waals surface area contributed by atoms with Crippen LogP contribution >= 0.6 is 22.7 Å². The molecule has 4 rings (SSSR count). The largest absolute Gasteiger partial charge is 0.343 e. The van der Waals surface area contributed by atoms with Gasteiger partial charge in [0.1, 0.15) is 11.4 Å². The number of fused-ring (bicyclic) bond motifs is 1. The maximum Gasteiger partial charge on any atom is 0.262 e. The van der Waals surface area contributed by atoms with Gasteiger partial charge in [-0.15, -0.1) is 22.7 Å². The van der Waals surface area contributed by atoms with Crippen molar-refractivity contribution in [1.82, 2.24) is 14.9 Å². The Morgan fingerprint density at radius 3 is 2.69 bits per heavy atom. The molecule has 1 amide bonds. The number of carbonyl (C=O) groups is 1. The van der Waals surface area contributed by atoms with Gasteiger partial charge in [-0.25, -0.2) is 4.98 Å². The SMILES string of the molecule is O=C(Cn1cnc2sccc2c1=O)N[C@H](c1ccccc1)c1cccs1. The Morgan fingerprint density at radius 1 is 1.08 bits per heavy atom. The van der Waals surface area contributed by atoms with Crippen molar-refractivity contribution in [2.24, 2.45) is 0 Å². The number of benzene rings is 1. The zero-order chi connectivity index (χ0) is 17.9.